The lowest BCUT2D eigenvalue weighted by Crippen LogP contribution is -2.35. The van der Waals surface area contributed by atoms with E-state index in [1.807, 2.05) is 48.9 Å². The van der Waals surface area contributed by atoms with Crippen molar-refractivity contribution in [2.24, 2.45) is 0 Å². The van der Waals surface area contributed by atoms with E-state index >= 15 is 0 Å². The number of aryl methyl sites for hydroxylation is 1. The molecule has 0 bridgehead atoms. The van der Waals surface area contributed by atoms with Crippen LogP contribution in [-0.4, -0.2) is 33.9 Å². The van der Waals surface area contributed by atoms with Gasteiger partial charge >= 0.3 is 6.09 Å². The van der Waals surface area contributed by atoms with E-state index < -0.39 is 11.7 Å². The molecule has 1 aromatic heterocycles. The summed E-state index contributed by atoms with van der Waals surface area (Å²) in [4.78, 5) is 23.6. The summed E-state index contributed by atoms with van der Waals surface area (Å²) in [6.07, 6.45) is -0.337. The third-order valence-corrected chi connectivity index (χ3v) is 3.92. The number of alkyl carbamates (subject to hydrolysis) is 1. The number of nitrogens with zero attached hydrogens (tertiary/aromatic N) is 2. The number of carbonyl (C=O) groups excluding carboxylic acids is 2. The second-order valence-corrected chi connectivity index (χ2v) is 7.35. The molecule has 7 heteroatoms. The van der Waals surface area contributed by atoms with E-state index in [0.717, 1.165) is 22.6 Å². The highest BCUT2D eigenvalue weighted by atomic mass is 16.6. The minimum absolute atomic E-state index is 0.141. The molecule has 0 aliphatic rings. The van der Waals surface area contributed by atoms with E-state index in [1.54, 1.807) is 20.8 Å². The standard InChI is InChI=1S/C20H28N4O3/c1-14-17(15(2)24(23-14)16-9-7-6-8-10-16)13-22-18(25)11-12-21-19(26)27-20(3,4)5/h6-10H,11-13H2,1-5H3,(H,21,26)(H,22,25). The zero-order valence-electron chi connectivity index (χ0n) is 16.6. The molecule has 0 aliphatic heterocycles. The van der Waals surface area contributed by atoms with Crippen molar-refractivity contribution < 1.29 is 14.3 Å². The monoisotopic (exact) mass is 372 g/mol. The lowest BCUT2D eigenvalue weighted by atomic mass is 10.2. The Morgan fingerprint density at radius 1 is 1.11 bits per heavy atom. The van der Waals surface area contributed by atoms with Gasteiger partial charge < -0.3 is 15.4 Å². The summed E-state index contributed by atoms with van der Waals surface area (Å²) in [5, 5.41) is 10.0. The average molecular weight is 372 g/mol. The van der Waals surface area contributed by atoms with Crippen LogP contribution in [0.25, 0.3) is 5.69 Å². The van der Waals surface area contributed by atoms with Crippen molar-refractivity contribution in [2.75, 3.05) is 6.54 Å². The van der Waals surface area contributed by atoms with Crippen LogP contribution in [0.2, 0.25) is 0 Å². The predicted octanol–water partition coefficient (Wildman–Crippen LogP) is 3.02. The first-order valence-electron chi connectivity index (χ1n) is 9.01. The lowest BCUT2D eigenvalue weighted by molar-refractivity contribution is -0.121. The third-order valence-electron chi connectivity index (χ3n) is 3.92. The molecule has 0 aliphatic carbocycles. The summed E-state index contributed by atoms with van der Waals surface area (Å²) in [5.74, 6) is -0.141. The molecule has 1 heterocycles. The highest BCUT2D eigenvalue weighted by Crippen LogP contribution is 2.17. The van der Waals surface area contributed by atoms with Gasteiger partial charge in [-0.2, -0.15) is 5.10 Å². The first kappa shape index (κ1) is 20.5. The minimum Gasteiger partial charge on any atom is -0.444 e. The number of aromatic nitrogens is 2. The number of para-hydroxylation sites is 1. The van der Waals surface area contributed by atoms with Crippen molar-refractivity contribution in [3.05, 3.63) is 47.3 Å². The van der Waals surface area contributed by atoms with Gasteiger partial charge in [0.2, 0.25) is 5.91 Å². The summed E-state index contributed by atoms with van der Waals surface area (Å²) in [6.45, 7) is 9.91. The Morgan fingerprint density at radius 2 is 1.78 bits per heavy atom. The number of rotatable bonds is 6. The van der Waals surface area contributed by atoms with E-state index in [9.17, 15) is 9.59 Å². The molecule has 2 rings (SSSR count). The molecule has 7 nitrogen and oxygen atoms in total. The fourth-order valence-electron chi connectivity index (χ4n) is 2.62. The van der Waals surface area contributed by atoms with Crippen LogP contribution in [0.15, 0.2) is 30.3 Å². The Kier molecular flexibility index (Phi) is 6.60. The van der Waals surface area contributed by atoms with Gasteiger partial charge in [-0.25, -0.2) is 9.48 Å². The van der Waals surface area contributed by atoms with Crippen molar-refractivity contribution in [1.29, 1.82) is 0 Å². The summed E-state index contributed by atoms with van der Waals surface area (Å²) in [7, 11) is 0. The van der Waals surface area contributed by atoms with Gasteiger partial charge in [-0.3, -0.25) is 4.79 Å². The van der Waals surface area contributed by atoms with Crippen LogP contribution in [0.1, 0.15) is 44.1 Å². The molecule has 0 saturated carbocycles. The summed E-state index contributed by atoms with van der Waals surface area (Å²) in [6, 6.07) is 9.87. The zero-order valence-corrected chi connectivity index (χ0v) is 16.6. The molecule has 2 N–H and O–H groups in total. The van der Waals surface area contributed by atoms with Crippen molar-refractivity contribution in [1.82, 2.24) is 20.4 Å². The summed E-state index contributed by atoms with van der Waals surface area (Å²) < 4.78 is 7.01. The average Bonchev–Trinajstić information content (AvgIpc) is 2.86. The second kappa shape index (κ2) is 8.70. The third kappa shape index (κ3) is 6.13. The Hall–Kier alpha value is -2.83. The van der Waals surface area contributed by atoms with Gasteiger partial charge in [0.25, 0.3) is 0 Å². The topological polar surface area (TPSA) is 85.3 Å². The maximum Gasteiger partial charge on any atom is 0.407 e. The predicted molar refractivity (Wildman–Crippen MR) is 104 cm³/mol. The van der Waals surface area contributed by atoms with Gasteiger partial charge in [0.15, 0.2) is 0 Å². The molecule has 2 amide bonds. The largest absolute Gasteiger partial charge is 0.444 e. The number of nitrogens with one attached hydrogen (secondary N) is 2. The van der Waals surface area contributed by atoms with E-state index in [4.69, 9.17) is 4.74 Å². The number of benzene rings is 1. The summed E-state index contributed by atoms with van der Waals surface area (Å²) in [5.41, 5.74) is 3.29. The highest BCUT2D eigenvalue weighted by Gasteiger charge is 2.16. The molecular formula is C20H28N4O3. The first-order valence-corrected chi connectivity index (χ1v) is 9.01. The van der Waals surface area contributed by atoms with Crippen LogP contribution < -0.4 is 10.6 Å². The maximum atomic E-state index is 12.1. The van der Waals surface area contributed by atoms with Crippen molar-refractivity contribution >= 4 is 12.0 Å². The SMILES string of the molecule is Cc1nn(-c2ccccc2)c(C)c1CNC(=O)CCNC(=O)OC(C)(C)C. The number of ether oxygens (including phenoxy) is 1. The quantitative estimate of drug-likeness (QED) is 0.816. The van der Waals surface area contributed by atoms with Crippen LogP contribution >= 0.6 is 0 Å². The normalized spacial score (nSPS) is 11.1. The number of carbonyl (C=O) groups is 2. The van der Waals surface area contributed by atoms with Crippen molar-refractivity contribution in [3.8, 4) is 5.69 Å². The van der Waals surface area contributed by atoms with Crippen LogP contribution in [-0.2, 0) is 16.1 Å². The Balaban J connectivity index is 1.85. The Labute approximate surface area is 160 Å². The first-order chi connectivity index (χ1) is 12.7. The molecule has 1 aromatic carbocycles. The lowest BCUT2D eigenvalue weighted by Gasteiger charge is -2.19. The smallest absolute Gasteiger partial charge is 0.407 e. The van der Waals surface area contributed by atoms with Gasteiger partial charge in [-0.1, -0.05) is 18.2 Å². The molecule has 146 valence electrons. The second-order valence-electron chi connectivity index (χ2n) is 7.35. The van der Waals surface area contributed by atoms with E-state index in [0.29, 0.717) is 6.54 Å². The van der Waals surface area contributed by atoms with E-state index in [1.165, 1.54) is 0 Å². The molecule has 0 unspecified atom stereocenters. The number of amides is 2. The molecule has 0 atom stereocenters. The van der Waals surface area contributed by atoms with E-state index in [-0.39, 0.29) is 18.9 Å². The van der Waals surface area contributed by atoms with Crippen LogP contribution in [0.5, 0.6) is 0 Å². The van der Waals surface area contributed by atoms with Gasteiger partial charge in [0.05, 0.1) is 11.4 Å². The van der Waals surface area contributed by atoms with Gasteiger partial charge in [0.1, 0.15) is 5.60 Å². The molecule has 0 spiro atoms. The highest BCUT2D eigenvalue weighted by molar-refractivity contribution is 5.77. The molecule has 2 aromatic rings. The van der Waals surface area contributed by atoms with E-state index in [2.05, 4.69) is 15.7 Å². The van der Waals surface area contributed by atoms with Crippen molar-refractivity contribution in [3.63, 3.8) is 0 Å². The molecular weight excluding hydrogens is 344 g/mol. The van der Waals surface area contributed by atoms with Crippen LogP contribution in [0.4, 0.5) is 4.79 Å². The van der Waals surface area contributed by atoms with Crippen molar-refractivity contribution in [2.45, 2.75) is 53.2 Å². The molecule has 0 saturated heterocycles. The fraction of sp³-hybridized carbons (Fsp3) is 0.450. The minimum atomic E-state index is -0.555. The number of hydrogen-bond acceptors (Lipinski definition) is 4. The van der Waals surface area contributed by atoms with Gasteiger partial charge in [0, 0.05) is 30.8 Å². The fourth-order valence-corrected chi connectivity index (χ4v) is 2.62. The molecule has 27 heavy (non-hydrogen) atoms. The van der Waals surface area contributed by atoms with Crippen LogP contribution in [0, 0.1) is 13.8 Å². The Bertz CT molecular complexity index is 792. The summed E-state index contributed by atoms with van der Waals surface area (Å²) >= 11 is 0. The number of hydrogen-bond donors (Lipinski definition) is 2. The van der Waals surface area contributed by atoms with Crippen LogP contribution in [0.3, 0.4) is 0 Å². The zero-order chi connectivity index (χ0) is 20.0. The molecule has 0 fully saturated rings. The van der Waals surface area contributed by atoms with Gasteiger partial charge in [-0.05, 0) is 46.8 Å². The Morgan fingerprint density at radius 3 is 2.41 bits per heavy atom. The van der Waals surface area contributed by atoms with Gasteiger partial charge in [-0.15, -0.1) is 0 Å². The molecule has 0 radical (unpaired) electrons. The maximum absolute atomic E-state index is 12.1.